The molecular weight excluding hydrogens is 323 g/mol. The first-order valence-corrected chi connectivity index (χ1v) is 7.75. The third-order valence-electron chi connectivity index (χ3n) is 4.14. The van der Waals surface area contributed by atoms with E-state index in [1.165, 1.54) is 12.1 Å². The van der Waals surface area contributed by atoms with Crippen LogP contribution in [0.4, 0.5) is 10.3 Å². The fourth-order valence-electron chi connectivity index (χ4n) is 2.83. The van der Waals surface area contributed by atoms with E-state index in [-0.39, 0.29) is 24.2 Å². The minimum Gasteiger partial charge on any atom is -0.368 e. The molecule has 0 unspecified atom stereocenters. The predicted molar refractivity (Wildman–Crippen MR) is 88.3 cm³/mol. The number of hydrogen-bond acceptors (Lipinski definition) is 5. The van der Waals surface area contributed by atoms with Gasteiger partial charge in [-0.2, -0.15) is 5.10 Å². The van der Waals surface area contributed by atoms with Gasteiger partial charge >= 0.3 is 0 Å². The molecule has 4 rings (SSSR count). The maximum absolute atomic E-state index is 13.0. The molecule has 0 bridgehead atoms. The second-order valence-electron chi connectivity index (χ2n) is 5.88. The summed E-state index contributed by atoms with van der Waals surface area (Å²) in [5.74, 6) is -0.141. The Morgan fingerprint density at radius 2 is 1.96 bits per heavy atom. The summed E-state index contributed by atoms with van der Waals surface area (Å²) >= 11 is 0. The number of hydrogen-bond donors (Lipinski definition) is 1. The molecule has 0 saturated heterocycles. The average molecular weight is 338 g/mol. The van der Waals surface area contributed by atoms with E-state index in [0.29, 0.717) is 13.1 Å². The van der Waals surface area contributed by atoms with Gasteiger partial charge in [-0.1, -0.05) is 12.1 Å². The van der Waals surface area contributed by atoms with Crippen LogP contribution in [0.15, 0.2) is 42.9 Å². The van der Waals surface area contributed by atoms with Gasteiger partial charge in [0.1, 0.15) is 12.4 Å². The van der Waals surface area contributed by atoms with Crippen LogP contribution in [0, 0.1) is 5.82 Å². The molecule has 1 aliphatic heterocycles. The standard InChI is InChI=1S/C17H15FN6O/c18-14-3-1-11(2-4-14)12-6-21-24(8-12)10-16(25)23-7-13-5-20-17(19)22-15(13)9-23/h1-6,8H,7,9-10H2,(H2,19,20,22). The van der Waals surface area contributed by atoms with Gasteiger partial charge in [-0.25, -0.2) is 14.4 Å². The molecule has 7 nitrogen and oxygen atoms in total. The van der Waals surface area contributed by atoms with Crippen molar-refractivity contribution in [1.29, 1.82) is 0 Å². The molecule has 8 heteroatoms. The molecule has 25 heavy (non-hydrogen) atoms. The monoisotopic (exact) mass is 338 g/mol. The Bertz CT molecular complexity index is 937. The van der Waals surface area contributed by atoms with Crippen LogP contribution in [0.25, 0.3) is 11.1 Å². The summed E-state index contributed by atoms with van der Waals surface area (Å²) in [5.41, 5.74) is 8.95. The maximum Gasteiger partial charge on any atom is 0.244 e. The van der Waals surface area contributed by atoms with Gasteiger partial charge in [-0.05, 0) is 17.7 Å². The lowest BCUT2D eigenvalue weighted by Gasteiger charge is -2.14. The van der Waals surface area contributed by atoms with Crippen molar-refractivity contribution >= 4 is 11.9 Å². The zero-order valence-electron chi connectivity index (χ0n) is 13.3. The number of nitrogen functional groups attached to an aromatic ring is 1. The van der Waals surface area contributed by atoms with E-state index in [4.69, 9.17) is 5.73 Å². The number of aromatic nitrogens is 4. The van der Waals surface area contributed by atoms with Crippen LogP contribution in [0.3, 0.4) is 0 Å². The lowest BCUT2D eigenvalue weighted by atomic mass is 10.1. The Morgan fingerprint density at radius 3 is 2.76 bits per heavy atom. The van der Waals surface area contributed by atoms with Gasteiger partial charge in [-0.15, -0.1) is 0 Å². The van der Waals surface area contributed by atoms with Crippen molar-refractivity contribution < 1.29 is 9.18 Å². The Balaban J connectivity index is 1.45. The molecule has 3 aromatic rings. The van der Waals surface area contributed by atoms with Crippen LogP contribution in [0.1, 0.15) is 11.3 Å². The summed E-state index contributed by atoms with van der Waals surface area (Å²) in [6.45, 7) is 1.02. The minimum atomic E-state index is -0.288. The van der Waals surface area contributed by atoms with Crippen LogP contribution in [-0.4, -0.2) is 30.6 Å². The highest BCUT2D eigenvalue weighted by Crippen LogP contribution is 2.22. The minimum absolute atomic E-state index is 0.0645. The van der Waals surface area contributed by atoms with Crippen molar-refractivity contribution in [2.24, 2.45) is 0 Å². The van der Waals surface area contributed by atoms with E-state index in [0.717, 1.165) is 22.4 Å². The van der Waals surface area contributed by atoms with Gasteiger partial charge in [0.15, 0.2) is 0 Å². The molecule has 1 amide bonds. The van der Waals surface area contributed by atoms with Crippen LogP contribution in [0.5, 0.6) is 0 Å². The molecule has 0 fully saturated rings. The number of rotatable bonds is 3. The van der Waals surface area contributed by atoms with E-state index in [1.54, 1.807) is 40.3 Å². The number of benzene rings is 1. The molecule has 0 atom stereocenters. The summed E-state index contributed by atoms with van der Waals surface area (Å²) < 4.78 is 14.6. The van der Waals surface area contributed by atoms with E-state index >= 15 is 0 Å². The topological polar surface area (TPSA) is 89.9 Å². The Labute approximate surface area is 142 Å². The smallest absolute Gasteiger partial charge is 0.244 e. The molecule has 0 spiro atoms. The SMILES string of the molecule is Nc1ncc2c(n1)CN(C(=O)Cn1cc(-c3ccc(F)cc3)cn1)C2. The quantitative estimate of drug-likeness (QED) is 0.783. The van der Waals surface area contributed by atoms with Gasteiger partial charge in [-0.3, -0.25) is 9.48 Å². The van der Waals surface area contributed by atoms with E-state index < -0.39 is 0 Å². The fraction of sp³-hybridized carbons (Fsp3) is 0.176. The third kappa shape index (κ3) is 3.06. The highest BCUT2D eigenvalue weighted by molar-refractivity contribution is 5.76. The van der Waals surface area contributed by atoms with Gasteiger partial charge in [0.2, 0.25) is 11.9 Å². The van der Waals surface area contributed by atoms with Crippen LogP contribution < -0.4 is 5.73 Å². The van der Waals surface area contributed by atoms with Crippen molar-refractivity contribution in [3.05, 3.63) is 59.9 Å². The van der Waals surface area contributed by atoms with Crippen molar-refractivity contribution in [2.45, 2.75) is 19.6 Å². The summed E-state index contributed by atoms with van der Waals surface area (Å²) in [5, 5.41) is 4.22. The van der Waals surface area contributed by atoms with Gasteiger partial charge in [0, 0.05) is 30.1 Å². The van der Waals surface area contributed by atoms with E-state index in [9.17, 15) is 9.18 Å². The molecule has 0 radical (unpaired) electrons. The molecule has 0 saturated carbocycles. The van der Waals surface area contributed by atoms with Crippen LogP contribution >= 0.6 is 0 Å². The zero-order valence-corrected chi connectivity index (χ0v) is 13.3. The van der Waals surface area contributed by atoms with Crippen LogP contribution in [0.2, 0.25) is 0 Å². The van der Waals surface area contributed by atoms with Gasteiger partial charge < -0.3 is 10.6 Å². The predicted octanol–water partition coefficient (Wildman–Crippen LogP) is 1.60. The molecule has 3 heterocycles. The molecule has 0 aliphatic carbocycles. The first kappa shape index (κ1) is 15.3. The summed E-state index contributed by atoms with van der Waals surface area (Å²) in [7, 11) is 0. The lowest BCUT2D eigenvalue weighted by molar-refractivity contribution is -0.132. The van der Waals surface area contributed by atoms with Crippen LogP contribution in [-0.2, 0) is 24.4 Å². The second kappa shape index (κ2) is 5.97. The zero-order chi connectivity index (χ0) is 17.4. The number of anilines is 1. The van der Waals surface area contributed by atoms with Gasteiger partial charge in [0.05, 0.1) is 18.4 Å². The number of carbonyl (C=O) groups is 1. The number of fused-ring (bicyclic) bond motifs is 1. The number of amides is 1. The number of halogens is 1. The second-order valence-corrected chi connectivity index (χ2v) is 5.88. The van der Waals surface area contributed by atoms with Crippen molar-refractivity contribution in [1.82, 2.24) is 24.6 Å². The largest absolute Gasteiger partial charge is 0.368 e. The van der Waals surface area contributed by atoms with Crippen molar-refractivity contribution in [3.63, 3.8) is 0 Å². The molecule has 1 aromatic carbocycles. The fourth-order valence-corrected chi connectivity index (χ4v) is 2.83. The summed E-state index contributed by atoms with van der Waals surface area (Å²) in [4.78, 5) is 22.3. The number of nitrogens with two attached hydrogens (primary N) is 1. The van der Waals surface area contributed by atoms with E-state index in [1.807, 2.05) is 0 Å². The highest BCUT2D eigenvalue weighted by atomic mass is 19.1. The third-order valence-corrected chi connectivity index (χ3v) is 4.14. The van der Waals surface area contributed by atoms with Gasteiger partial charge in [0.25, 0.3) is 0 Å². The molecule has 2 N–H and O–H groups in total. The maximum atomic E-state index is 13.0. The number of nitrogens with zero attached hydrogens (tertiary/aromatic N) is 5. The molecule has 1 aliphatic rings. The Hall–Kier alpha value is -3.29. The highest BCUT2D eigenvalue weighted by Gasteiger charge is 2.25. The van der Waals surface area contributed by atoms with E-state index in [2.05, 4.69) is 15.1 Å². The lowest BCUT2D eigenvalue weighted by Crippen LogP contribution is -2.29. The normalized spacial score (nSPS) is 13.1. The molecular formula is C17H15FN6O. The molecule has 2 aromatic heterocycles. The average Bonchev–Trinajstić information content (AvgIpc) is 3.22. The summed E-state index contributed by atoms with van der Waals surface area (Å²) in [6, 6.07) is 6.15. The first-order valence-electron chi connectivity index (χ1n) is 7.75. The first-order chi connectivity index (χ1) is 12.1. The number of carbonyl (C=O) groups excluding carboxylic acids is 1. The summed E-state index contributed by atoms with van der Waals surface area (Å²) in [6.07, 6.45) is 5.09. The van der Waals surface area contributed by atoms with Crippen molar-refractivity contribution in [3.8, 4) is 11.1 Å². The Kier molecular flexibility index (Phi) is 3.64. The van der Waals surface area contributed by atoms with Crippen molar-refractivity contribution in [2.75, 3.05) is 5.73 Å². The Morgan fingerprint density at radius 1 is 1.16 bits per heavy atom. The molecule has 126 valence electrons.